The molecular weight excluding hydrogens is 609 g/mol. The lowest BCUT2D eigenvalue weighted by Crippen LogP contribution is -2.67. The third-order valence-corrected chi connectivity index (χ3v) is 15.4. The molecule has 250 valence electrons. The first-order valence-corrected chi connectivity index (χ1v) is 19.5. The van der Waals surface area contributed by atoms with E-state index in [-0.39, 0.29) is 34.7 Å². The molecule has 2 heterocycles. The van der Waals surface area contributed by atoms with Gasteiger partial charge in [-0.15, -0.1) is 0 Å². The van der Waals surface area contributed by atoms with Crippen LogP contribution < -0.4 is 15.7 Å². The number of hydrogen-bond acceptors (Lipinski definition) is 5. The van der Waals surface area contributed by atoms with E-state index in [0.717, 1.165) is 42.5 Å². The van der Waals surface area contributed by atoms with Crippen molar-refractivity contribution in [2.45, 2.75) is 96.1 Å². The highest BCUT2D eigenvalue weighted by Crippen LogP contribution is 2.43. The topological polar surface area (TPSA) is 61.2 Å². The molecule has 2 aromatic heterocycles. The van der Waals surface area contributed by atoms with Gasteiger partial charge < -0.3 is 19.0 Å². The molecule has 0 radical (unpaired) electrons. The molecular formula is C41H50N4O2Si. The summed E-state index contributed by atoms with van der Waals surface area (Å²) in [5.41, 5.74) is 3.53. The number of nitrogens with one attached hydrogen (secondary N) is 1. The van der Waals surface area contributed by atoms with Crippen LogP contribution in [0, 0.1) is 5.92 Å². The van der Waals surface area contributed by atoms with Gasteiger partial charge in [-0.2, -0.15) is 0 Å². The number of rotatable bonds is 9. The number of anilines is 1. The van der Waals surface area contributed by atoms with E-state index in [4.69, 9.17) is 19.1 Å². The van der Waals surface area contributed by atoms with Crippen LogP contribution in [0.15, 0.2) is 104 Å². The number of aryl methyl sites for hydroxylation is 1. The normalized spacial score (nSPS) is 21.5. The van der Waals surface area contributed by atoms with E-state index in [1.165, 1.54) is 21.5 Å². The van der Waals surface area contributed by atoms with Crippen LogP contribution in [0.2, 0.25) is 5.04 Å². The van der Waals surface area contributed by atoms with Gasteiger partial charge in [-0.05, 0) is 79.1 Å². The van der Waals surface area contributed by atoms with E-state index in [1.54, 1.807) is 6.33 Å². The lowest BCUT2D eigenvalue weighted by molar-refractivity contribution is -0.0816. The van der Waals surface area contributed by atoms with Crippen molar-refractivity contribution in [3.05, 3.63) is 115 Å². The first-order valence-electron chi connectivity index (χ1n) is 17.6. The average molecular weight is 659 g/mol. The summed E-state index contributed by atoms with van der Waals surface area (Å²) in [5, 5.41) is 7.38. The van der Waals surface area contributed by atoms with E-state index >= 15 is 0 Å². The quantitative estimate of drug-likeness (QED) is 0.162. The summed E-state index contributed by atoms with van der Waals surface area (Å²) in [6, 6.07) is 33.3. The number of ether oxygens (including phenoxy) is 1. The van der Waals surface area contributed by atoms with Gasteiger partial charge in [0.2, 0.25) is 0 Å². The average Bonchev–Trinajstić information content (AvgIpc) is 3.79. The predicted molar refractivity (Wildman–Crippen MR) is 199 cm³/mol. The Balaban J connectivity index is 1.18. The van der Waals surface area contributed by atoms with Gasteiger partial charge in [-0.25, -0.2) is 9.97 Å². The van der Waals surface area contributed by atoms with Gasteiger partial charge in [-0.3, -0.25) is 0 Å². The fourth-order valence-corrected chi connectivity index (χ4v) is 12.9. The van der Waals surface area contributed by atoms with Gasteiger partial charge in [0.25, 0.3) is 8.32 Å². The zero-order valence-corrected chi connectivity index (χ0v) is 30.3. The van der Waals surface area contributed by atoms with E-state index in [2.05, 4.69) is 149 Å². The largest absolute Gasteiger partial charge is 0.407 e. The van der Waals surface area contributed by atoms with Crippen molar-refractivity contribution in [1.29, 1.82) is 0 Å². The van der Waals surface area contributed by atoms with Crippen LogP contribution in [-0.4, -0.2) is 41.2 Å². The number of benzene rings is 3. The van der Waals surface area contributed by atoms with Crippen molar-refractivity contribution < 1.29 is 9.16 Å². The minimum absolute atomic E-state index is 0.0695. The molecule has 0 amide bonds. The molecule has 1 N–H and O–H groups in total. The molecule has 2 aliphatic rings. The lowest BCUT2D eigenvalue weighted by atomic mass is 10.1. The van der Waals surface area contributed by atoms with Crippen LogP contribution in [0.4, 0.5) is 5.82 Å². The van der Waals surface area contributed by atoms with E-state index < -0.39 is 8.32 Å². The van der Waals surface area contributed by atoms with Crippen molar-refractivity contribution in [2.24, 2.45) is 5.92 Å². The molecule has 7 rings (SSSR count). The Morgan fingerprint density at radius 3 is 2.15 bits per heavy atom. The summed E-state index contributed by atoms with van der Waals surface area (Å²) in [7, 11) is -2.68. The van der Waals surface area contributed by atoms with Gasteiger partial charge in [0.05, 0.1) is 23.1 Å². The van der Waals surface area contributed by atoms with Crippen LogP contribution in [0.1, 0.15) is 84.0 Å². The molecule has 4 atom stereocenters. The molecule has 0 bridgehead atoms. The monoisotopic (exact) mass is 658 g/mol. The van der Waals surface area contributed by atoms with Crippen molar-refractivity contribution in [3.63, 3.8) is 0 Å². The maximum absolute atomic E-state index is 7.48. The molecule has 48 heavy (non-hydrogen) atoms. The highest BCUT2D eigenvalue weighted by atomic mass is 28.4. The fourth-order valence-electron chi connectivity index (χ4n) is 8.31. The smallest absolute Gasteiger partial charge is 0.261 e. The van der Waals surface area contributed by atoms with Gasteiger partial charge in [0, 0.05) is 24.8 Å². The molecule has 0 aliphatic heterocycles. The molecule has 0 unspecified atom stereocenters. The minimum Gasteiger partial charge on any atom is -0.407 e. The highest BCUT2D eigenvalue weighted by molar-refractivity contribution is 6.99. The van der Waals surface area contributed by atoms with Crippen LogP contribution in [-0.2, 0) is 15.6 Å². The Hall–Kier alpha value is -3.78. The summed E-state index contributed by atoms with van der Waals surface area (Å²) >= 11 is 0. The van der Waals surface area contributed by atoms with E-state index in [9.17, 15) is 0 Å². The molecule has 3 aromatic carbocycles. The van der Waals surface area contributed by atoms with Crippen molar-refractivity contribution in [1.82, 2.24) is 14.5 Å². The summed E-state index contributed by atoms with van der Waals surface area (Å²) in [6.45, 7) is 14.2. The van der Waals surface area contributed by atoms with Gasteiger partial charge >= 0.3 is 0 Å². The van der Waals surface area contributed by atoms with Crippen LogP contribution in [0.3, 0.4) is 0 Å². The summed E-state index contributed by atoms with van der Waals surface area (Å²) < 4.78 is 16.7. The first-order chi connectivity index (χ1) is 23.0. The molecule has 6 nitrogen and oxygen atoms in total. The van der Waals surface area contributed by atoms with E-state index in [0.29, 0.717) is 6.61 Å². The van der Waals surface area contributed by atoms with Crippen LogP contribution >= 0.6 is 0 Å². The zero-order chi connectivity index (χ0) is 33.5. The van der Waals surface area contributed by atoms with Gasteiger partial charge in [0.15, 0.2) is 0 Å². The fraction of sp³-hybridized carbons (Fsp3) is 0.415. The number of fused-ring (bicyclic) bond motifs is 2. The molecule has 0 spiro atoms. The molecule has 0 saturated heterocycles. The van der Waals surface area contributed by atoms with Crippen molar-refractivity contribution >= 4 is 35.5 Å². The zero-order valence-electron chi connectivity index (χ0n) is 29.3. The first kappa shape index (κ1) is 32.7. The maximum atomic E-state index is 7.48. The number of aromatic nitrogens is 3. The van der Waals surface area contributed by atoms with Gasteiger partial charge in [-0.1, -0.05) is 106 Å². The maximum Gasteiger partial charge on any atom is 0.261 e. The number of nitrogens with zero attached hydrogens (tertiary/aromatic N) is 3. The Kier molecular flexibility index (Phi) is 8.81. The SMILES string of the molecule is CC(C)(C)O[C@H]1C[C@H](n2ccc3c(N[C@H]4CCc5ccccc54)ncnc32)C[C@H]1CO[Si](c1ccccc1)(c1ccccc1)C(C)(C)C. The Labute approximate surface area is 287 Å². The Bertz CT molecular complexity index is 1800. The number of hydrogen-bond donors (Lipinski definition) is 1. The Morgan fingerprint density at radius 1 is 0.812 bits per heavy atom. The minimum atomic E-state index is -2.68. The second-order valence-electron chi connectivity index (χ2n) is 15.7. The van der Waals surface area contributed by atoms with Crippen LogP contribution in [0.25, 0.3) is 11.0 Å². The molecule has 1 fully saturated rings. The summed E-state index contributed by atoms with van der Waals surface area (Å²) in [6.07, 6.45) is 8.04. The van der Waals surface area contributed by atoms with Crippen LogP contribution in [0.5, 0.6) is 0 Å². The second-order valence-corrected chi connectivity index (χ2v) is 20.1. The molecule has 1 saturated carbocycles. The molecule has 7 heteroatoms. The highest BCUT2D eigenvalue weighted by Gasteiger charge is 2.51. The standard InChI is InChI=1S/C41H50N4O2Si/c1-40(2,3)47-37-26-31(45-24-23-35-38(42-28-43-39(35)45)44-36-22-21-29-15-13-14-20-34(29)36)25-30(37)27-46-48(41(4,5)6,32-16-9-7-10-17-32)33-18-11-8-12-19-33/h7-20,23-24,28,30-31,36-37H,21-22,25-27H2,1-6H3,(H,42,43,44)/t30-,31+,36-,37-/m0/s1. The predicted octanol–water partition coefficient (Wildman–Crippen LogP) is 8.24. The molecule has 2 aliphatic carbocycles. The third kappa shape index (κ3) is 6.24. The molecule has 5 aromatic rings. The Morgan fingerprint density at radius 2 is 1.48 bits per heavy atom. The third-order valence-electron chi connectivity index (χ3n) is 10.4. The van der Waals surface area contributed by atoms with E-state index in [1.807, 2.05) is 0 Å². The van der Waals surface area contributed by atoms with Crippen molar-refractivity contribution in [2.75, 3.05) is 11.9 Å². The lowest BCUT2D eigenvalue weighted by Gasteiger charge is -2.44. The summed E-state index contributed by atoms with van der Waals surface area (Å²) in [4.78, 5) is 9.56. The summed E-state index contributed by atoms with van der Waals surface area (Å²) in [5.74, 6) is 1.15. The van der Waals surface area contributed by atoms with Crippen molar-refractivity contribution in [3.8, 4) is 0 Å². The second kappa shape index (κ2) is 12.9. The van der Waals surface area contributed by atoms with Gasteiger partial charge in [0.1, 0.15) is 17.8 Å².